The van der Waals surface area contributed by atoms with Crippen LogP contribution >= 0.6 is 11.6 Å². The van der Waals surface area contributed by atoms with E-state index in [2.05, 4.69) is 24.0 Å². The van der Waals surface area contributed by atoms with Crippen LogP contribution in [0.2, 0.25) is 5.02 Å². The number of carboxylic acids is 1. The van der Waals surface area contributed by atoms with Crippen molar-refractivity contribution in [2.75, 3.05) is 19.7 Å². The van der Waals surface area contributed by atoms with Crippen LogP contribution in [0.4, 0.5) is 13.2 Å². The van der Waals surface area contributed by atoms with E-state index >= 15 is 0 Å². The number of hydrogen-bond acceptors (Lipinski definition) is 3. The van der Waals surface area contributed by atoms with Crippen molar-refractivity contribution in [2.45, 2.75) is 44.8 Å². The average molecular weight is 534 g/mol. The van der Waals surface area contributed by atoms with Crippen LogP contribution in [-0.4, -0.2) is 35.7 Å². The van der Waals surface area contributed by atoms with Gasteiger partial charge in [-0.2, -0.15) is 13.2 Å². The van der Waals surface area contributed by atoms with E-state index < -0.39 is 17.7 Å². The van der Waals surface area contributed by atoms with E-state index in [-0.39, 0.29) is 17.5 Å². The van der Waals surface area contributed by atoms with E-state index in [1.165, 1.54) is 11.6 Å². The molecule has 0 spiro atoms. The van der Waals surface area contributed by atoms with Crippen molar-refractivity contribution in [1.29, 1.82) is 0 Å². The summed E-state index contributed by atoms with van der Waals surface area (Å²) >= 11 is 6.21. The van der Waals surface area contributed by atoms with Crippen LogP contribution < -0.4 is 0 Å². The van der Waals surface area contributed by atoms with Crippen molar-refractivity contribution < 1.29 is 27.8 Å². The highest BCUT2D eigenvalue weighted by Crippen LogP contribution is 2.36. The summed E-state index contributed by atoms with van der Waals surface area (Å²) in [5, 5.41) is 8.69. The van der Waals surface area contributed by atoms with Gasteiger partial charge in [0.2, 0.25) is 0 Å². The fourth-order valence-corrected chi connectivity index (χ4v) is 4.64. The molecule has 1 atom stereocenters. The van der Waals surface area contributed by atoms with Crippen molar-refractivity contribution in [3.05, 3.63) is 106 Å². The lowest BCUT2D eigenvalue weighted by Gasteiger charge is -2.28. The second kappa shape index (κ2) is 13.5. The highest BCUT2D eigenvalue weighted by Gasteiger charge is 2.34. The zero-order valence-electron chi connectivity index (χ0n) is 20.7. The fraction of sp³-hybridized carbons (Fsp3) is 0.345. The second-order valence-corrected chi connectivity index (χ2v) is 9.33. The molecule has 8 heteroatoms. The molecule has 0 radical (unpaired) electrons. The lowest BCUT2D eigenvalue weighted by molar-refractivity contribution is -0.137. The molecule has 0 aliphatic heterocycles. The molecule has 0 bridgehead atoms. The highest BCUT2D eigenvalue weighted by atomic mass is 35.5. The van der Waals surface area contributed by atoms with Crippen LogP contribution in [0.5, 0.6) is 0 Å². The Bertz CT molecular complexity index is 1140. The van der Waals surface area contributed by atoms with Gasteiger partial charge in [-0.3, -0.25) is 4.90 Å². The second-order valence-electron chi connectivity index (χ2n) is 8.96. The van der Waals surface area contributed by atoms with Gasteiger partial charge in [-0.1, -0.05) is 73.1 Å². The molecule has 2 aromatic rings. The molecule has 1 N–H and O–H groups in total. The number of alkyl halides is 3. The van der Waals surface area contributed by atoms with Gasteiger partial charge < -0.3 is 9.84 Å². The summed E-state index contributed by atoms with van der Waals surface area (Å²) < 4.78 is 46.1. The molecule has 0 fully saturated rings. The Morgan fingerprint density at radius 2 is 1.95 bits per heavy atom. The van der Waals surface area contributed by atoms with Gasteiger partial charge in [0.15, 0.2) is 0 Å². The van der Waals surface area contributed by atoms with Gasteiger partial charge in [-0.05, 0) is 47.6 Å². The largest absolute Gasteiger partial charge is 0.498 e. The highest BCUT2D eigenvalue weighted by molar-refractivity contribution is 6.32. The summed E-state index contributed by atoms with van der Waals surface area (Å²) in [6.07, 6.45) is 3.85. The number of hydrogen-bond donors (Lipinski definition) is 1. The summed E-state index contributed by atoms with van der Waals surface area (Å²) in [5.74, 6) is -0.117. The Balaban J connectivity index is 1.69. The molecule has 37 heavy (non-hydrogen) atoms. The van der Waals surface area contributed by atoms with Gasteiger partial charge in [0, 0.05) is 32.1 Å². The summed E-state index contributed by atoms with van der Waals surface area (Å²) in [5.41, 5.74) is 1.44. The van der Waals surface area contributed by atoms with E-state index in [0.717, 1.165) is 18.6 Å². The molecular formula is C29H31ClF3NO3. The van der Waals surface area contributed by atoms with E-state index in [9.17, 15) is 18.0 Å². The van der Waals surface area contributed by atoms with Gasteiger partial charge in [-0.15, -0.1) is 0 Å². The molecule has 0 heterocycles. The van der Waals surface area contributed by atoms with Crippen molar-refractivity contribution in [2.24, 2.45) is 0 Å². The number of allylic oxidation sites excluding steroid dienone is 4. The molecule has 3 rings (SSSR count). The van der Waals surface area contributed by atoms with E-state index in [4.69, 9.17) is 21.4 Å². The molecule has 1 aliphatic carbocycles. The first-order valence-electron chi connectivity index (χ1n) is 12.2. The predicted octanol–water partition coefficient (Wildman–Crippen LogP) is 7.62. The fourth-order valence-electron chi connectivity index (χ4n) is 4.35. The van der Waals surface area contributed by atoms with Crippen LogP contribution in [0.25, 0.3) is 0 Å². The van der Waals surface area contributed by atoms with Gasteiger partial charge in [0.1, 0.15) is 5.76 Å². The molecule has 198 valence electrons. The number of carboxylic acid groups (broad SMARTS) is 1. The van der Waals surface area contributed by atoms with Crippen molar-refractivity contribution in [1.82, 2.24) is 4.90 Å². The smallest absolute Gasteiger partial charge is 0.417 e. The first-order chi connectivity index (χ1) is 17.7. The Morgan fingerprint density at radius 1 is 1.19 bits per heavy atom. The SMILES string of the molecule is CCC(CN(CCCOC1=CC=C/C(=C\C(=O)O)C1)Cc1cccc(C(F)(F)F)c1Cl)c1ccccc1. The Labute approximate surface area is 220 Å². The van der Waals surface area contributed by atoms with Crippen molar-refractivity contribution in [3.8, 4) is 0 Å². The molecule has 0 amide bonds. The van der Waals surface area contributed by atoms with Crippen LogP contribution in [0.1, 0.15) is 48.8 Å². The van der Waals surface area contributed by atoms with Crippen molar-refractivity contribution >= 4 is 17.6 Å². The van der Waals surface area contributed by atoms with E-state index in [1.807, 2.05) is 24.3 Å². The monoisotopic (exact) mass is 533 g/mol. The lowest BCUT2D eigenvalue weighted by Crippen LogP contribution is -2.30. The third kappa shape index (κ3) is 8.79. The Morgan fingerprint density at radius 3 is 2.62 bits per heavy atom. The van der Waals surface area contributed by atoms with Crippen LogP contribution in [-0.2, 0) is 22.3 Å². The van der Waals surface area contributed by atoms with E-state index in [1.54, 1.807) is 18.2 Å². The van der Waals surface area contributed by atoms with Crippen LogP contribution in [0, 0.1) is 0 Å². The van der Waals surface area contributed by atoms with Crippen molar-refractivity contribution in [3.63, 3.8) is 0 Å². The number of ether oxygens (including phenoxy) is 1. The Kier molecular flexibility index (Phi) is 10.4. The minimum atomic E-state index is -4.52. The normalized spacial score (nSPS) is 15.6. The Hall–Kier alpha value is -3.03. The summed E-state index contributed by atoms with van der Waals surface area (Å²) in [6, 6.07) is 14.1. The maximum absolute atomic E-state index is 13.4. The average Bonchev–Trinajstić information content (AvgIpc) is 2.85. The first-order valence-corrected chi connectivity index (χ1v) is 12.6. The molecular weight excluding hydrogens is 503 g/mol. The molecule has 4 nitrogen and oxygen atoms in total. The minimum absolute atomic E-state index is 0.210. The zero-order chi connectivity index (χ0) is 26.8. The van der Waals surface area contributed by atoms with Gasteiger partial charge in [-0.25, -0.2) is 4.79 Å². The summed E-state index contributed by atoms with van der Waals surface area (Å²) in [7, 11) is 0. The molecule has 1 aliphatic rings. The lowest BCUT2D eigenvalue weighted by atomic mass is 9.95. The quantitative estimate of drug-likeness (QED) is 0.225. The van der Waals surface area contributed by atoms with Gasteiger partial charge >= 0.3 is 12.1 Å². The molecule has 0 saturated carbocycles. The topological polar surface area (TPSA) is 49.8 Å². The number of halogens is 4. The summed E-state index contributed by atoms with van der Waals surface area (Å²) in [6.45, 7) is 4.03. The maximum atomic E-state index is 13.4. The van der Waals surface area contributed by atoms with Gasteiger partial charge in [0.05, 0.1) is 17.2 Å². The zero-order valence-corrected chi connectivity index (χ0v) is 21.4. The standard InChI is InChI=1S/C29H31ClF3NO3/c1-2-22(23-10-4-3-5-11-23)19-34(20-24-12-7-14-26(28(24)30)29(31,32)33)15-8-16-37-25-13-6-9-21(17-25)18-27(35)36/h3-7,9-14,18,22H,2,8,15-17,19-20H2,1H3,(H,35,36)/b21-18+. The molecule has 0 saturated heterocycles. The van der Waals surface area contributed by atoms with E-state index in [0.29, 0.717) is 49.4 Å². The van der Waals surface area contributed by atoms with Gasteiger partial charge in [0.25, 0.3) is 0 Å². The predicted molar refractivity (Wildman–Crippen MR) is 139 cm³/mol. The number of rotatable bonds is 12. The van der Waals surface area contributed by atoms with Crippen LogP contribution in [0.3, 0.4) is 0 Å². The molecule has 0 aromatic heterocycles. The third-order valence-corrected chi connectivity index (χ3v) is 6.65. The van der Waals surface area contributed by atoms with Crippen LogP contribution in [0.15, 0.2) is 84.2 Å². The molecule has 2 aromatic carbocycles. The first kappa shape index (κ1) is 28.5. The third-order valence-electron chi connectivity index (χ3n) is 6.21. The maximum Gasteiger partial charge on any atom is 0.417 e. The number of carbonyl (C=O) groups is 1. The summed E-state index contributed by atoms with van der Waals surface area (Å²) in [4.78, 5) is 13.0. The number of nitrogens with zero attached hydrogens (tertiary/aromatic N) is 1. The number of aliphatic carboxylic acids is 1. The minimum Gasteiger partial charge on any atom is -0.498 e. The molecule has 1 unspecified atom stereocenters. The number of benzene rings is 2.